The van der Waals surface area contributed by atoms with Gasteiger partial charge in [-0.3, -0.25) is 4.79 Å². The highest BCUT2D eigenvalue weighted by Gasteiger charge is 2.37. The van der Waals surface area contributed by atoms with Crippen LogP contribution in [0.5, 0.6) is 0 Å². The molecule has 2 aromatic heterocycles. The maximum atomic E-state index is 13.4. The van der Waals surface area contributed by atoms with E-state index in [1.807, 2.05) is 0 Å². The highest BCUT2D eigenvalue weighted by Crippen LogP contribution is 2.39. The van der Waals surface area contributed by atoms with Crippen LogP contribution in [0.2, 0.25) is 0 Å². The van der Waals surface area contributed by atoms with Gasteiger partial charge in [-0.05, 0) is 17.9 Å². The number of anilines is 2. The molecule has 0 spiro atoms. The van der Waals surface area contributed by atoms with Crippen molar-refractivity contribution in [3.63, 3.8) is 0 Å². The number of aromatic nitrogens is 2. The SMILES string of the molecule is CCSc1cc(C(F)(F)F)cnc1C(=O)Nc1c(C(F)(F)F)ccnc1NCC(F)(F)F. The van der Waals surface area contributed by atoms with Crippen molar-refractivity contribution in [1.82, 2.24) is 9.97 Å². The molecule has 2 rings (SSSR count). The second kappa shape index (κ2) is 9.42. The molecule has 15 heteroatoms. The van der Waals surface area contributed by atoms with Crippen LogP contribution in [-0.2, 0) is 12.4 Å². The van der Waals surface area contributed by atoms with Gasteiger partial charge in [0.05, 0.1) is 16.8 Å². The van der Waals surface area contributed by atoms with Crippen molar-refractivity contribution >= 4 is 29.2 Å². The maximum absolute atomic E-state index is 13.4. The van der Waals surface area contributed by atoms with E-state index in [0.717, 1.165) is 11.8 Å². The molecule has 0 radical (unpaired) electrons. The summed E-state index contributed by atoms with van der Waals surface area (Å²) in [6.45, 7) is -0.200. The van der Waals surface area contributed by atoms with Crippen LogP contribution in [0.15, 0.2) is 29.4 Å². The summed E-state index contributed by atoms with van der Waals surface area (Å²) >= 11 is 0.773. The Bertz CT molecular complexity index is 974. The molecule has 0 aliphatic heterocycles. The zero-order valence-corrected chi connectivity index (χ0v) is 16.7. The van der Waals surface area contributed by atoms with Crippen molar-refractivity contribution in [2.75, 3.05) is 22.9 Å². The van der Waals surface area contributed by atoms with E-state index in [2.05, 4.69) is 9.97 Å². The normalized spacial score (nSPS) is 12.6. The topological polar surface area (TPSA) is 66.9 Å². The number of nitrogens with one attached hydrogen (secondary N) is 2. The Morgan fingerprint density at radius 1 is 1.03 bits per heavy atom. The van der Waals surface area contributed by atoms with E-state index in [1.165, 1.54) is 0 Å². The van der Waals surface area contributed by atoms with E-state index in [9.17, 15) is 44.3 Å². The molecule has 1 amide bonds. The Balaban J connectivity index is 2.50. The van der Waals surface area contributed by atoms with Gasteiger partial charge in [-0.15, -0.1) is 11.8 Å². The lowest BCUT2D eigenvalue weighted by molar-refractivity contribution is -0.138. The number of nitrogens with zero attached hydrogens (tertiary/aromatic N) is 2. The Labute approximate surface area is 178 Å². The third-order valence-electron chi connectivity index (χ3n) is 3.65. The van der Waals surface area contributed by atoms with Crippen LogP contribution < -0.4 is 10.6 Å². The zero-order valence-electron chi connectivity index (χ0n) is 15.8. The first-order valence-corrected chi connectivity index (χ1v) is 9.50. The Hall–Kier alpha value is -2.71. The molecule has 0 aliphatic carbocycles. The fourth-order valence-electron chi connectivity index (χ4n) is 2.35. The van der Waals surface area contributed by atoms with Gasteiger partial charge in [0.15, 0.2) is 5.82 Å². The summed E-state index contributed by atoms with van der Waals surface area (Å²) in [7, 11) is 0. The Morgan fingerprint density at radius 2 is 1.69 bits per heavy atom. The Morgan fingerprint density at radius 3 is 2.22 bits per heavy atom. The number of alkyl halides is 9. The van der Waals surface area contributed by atoms with Crippen molar-refractivity contribution in [3.8, 4) is 0 Å². The van der Waals surface area contributed by atoms with Crippen molar-refractivity contribution in [2.24, 2.45) is 0 Å². The van der Waals surface area contributed by atoms with E-state index in [4.69, 9.17) is 0 Å². The highest BCUT2D eigenvalue weighted by atomic mass is 32.2. The molecule has 0 unspecified atom stereocenters. The minimum absolute atomic E-state index is 0.197. The number of thioether (sulfide) groups is 1. The van der Waals surface area contributed by atoms with Gasteiger partial charge in [-0.25, -0.2) is 9.97 Å². The summed E-state index contributed by atoms with van der Waals surface area (Å²) in [5.41, 5.74) is -4.45. The average molecular weight is 492 g/mol. The van der Waals surface area contributed by atoms with Crippen LogP contribution >= 0.6 is 11.8 Å². The van der Waals surface area contributed by atoms with E-state index < -0.39 is 59.3 Å². The second-order valence-corrected chi connectivity index (χ2v) is 7.31. The largest absolute Gasteiger partial charge is 0.418 e. The lowest BCUT2D eigenvalue weighted by Crippen LogP contribution is -2.25. The quantitative estimate of drug-likeness (QED) is 0.391. The van der Waals surface area contributed by atoms with E-state index in [1.54, 1.807) is 17.6 Å². The molecule has 0 bridgehead atoms. The lowest BCUT2D eigenvalue weighted by Gasteiger charge is -2.19. The number of hydrogen-bond acceptors (Lipinski definition) is 5. The number of hydrogen-bond donors (Lipinski definition) is 2. The van der Waals surface area contributed by atoms with Gasteiger partial charge in [-0.1, -0.05) is 6.92 Å². The standard InChI is InChI=1S/C17H13F9N4OS/c1-2-32-10-5-8(16(21,22)23)6-28-12(10)14(31)30-11-9(17(24,25)26)3-4-27-13(11)29-7-15(18,19)20/h3-6H,2,7H2,1H3,(H,27,29)(H,30,31). The molecule has 5 nitrogen and oxygen atoms in total. The molecule has 0 atom stereocenters. The first-order valence-electron chi connectivity index (χ1n) is 8.51. The number of halogens is 9. The van der Waals surface area contributed by atoms with Crippen LogP contribution in [0.25, 0.3) is 0 Å². The van der Waals surface area contributed by atoms with E-state index >= 15 is 0 Å². The van der Waals surface area contributed by atoms with Crippen LogP contribution in [-0.4, -0.2) is 34.3 Å². The highest BCUT2D eigenvalue weighted by molar-refractivity contribution is 7.99. The number of amides is 1. The smallest absolute Gasteiger partial charge is 0.359 e. The summed E-state index contributed by atoms with van der Waals surface area (Å²) in [4.78, 5) is 19.1. The third-order valence-corrected chi connectivity index (χ3v) is 4.56. The fraction of sp³-hybridized carbons (Fsp3) is 0.353. The minimum atomic E-state index is -5.09. The fourth-order valence-corrected chi connectivity index (χ4v) is 3.15. The molecular weight excluding hydrogens is 479 g/mol. The number of carbonyl (C=O) groups excluding carboxylic acids is 1. The molecule has 0 fully saturated rings. The van der Waals surface area contributed by atoms with Crippen LogP contribution in [0.1, 0.15) is 28.5 Å². The predicted octanol–water partition coefficient (Wildman–Crippen LogP) is 5.85. The van der Waals surface area contributed by atoms with Gasteiger partial charge in [0, 0.05) is 17.3 Å². The molecule has 0 saturated carbocycles. The van der Waals surface area contributed by atoms with Crippen LogP contribution in [0, 0.1) is 0 Å². The number of carbonyl (C=O) groups is 1. The first kappa shape index (κ1) is 25.5. The van der Waals surface area contributed by atoms with E-state index in [0.29, 0.717) is 24.5 Å². The summed E-state index contributed by atoms with van der Waals surface area (Å²) in [6.07, 6.45) is -13.8. The zero-order chi connectivity index (χ0) is 24.3. The predicted molar refractivity (Wildman–Crippen MR) is 97.4 cm³/mol. The summed E-state index contributed by atoms with van der Waals surface area (Å²) < 4.78 is 116. The van der Waals surface area contributed by atoms with Gasteiger partial charge in [0.1, 0.15) is 12.2 Å². The summed E-state index contributed by atoms with van der Waals surface area (Å²) in [6, 6.07) is 1.03. The first-order chi connectivity index (χ1) is 14.6. The summed E-state index contributed by atoms with van der Waals surface area (Å²) in [5, 5.41) is 3.45. The van der Waals surface area contributed by atoms with Crippen molar-refractivity contribution in [1.29, 1.82) is 0 Å². The average Bonchev–Trinajstić information content (AvgIpc) is 2.65. The molecule has 0 aromatic carbocycles. The molecule has 176 valence electrons. The van der Waals surface area contributed by atoms with Gasteiger partial charge >= 0.3 is 18.5 Å². The van der Waals surface area contributed by atoms with Crippen LogP contribution in [0.3, 0.4) is 0 Å². The van der Waals surface area contributed by atoms with E-state index in [-0.39, 0.29) is 10.6 Å². The molecular formula is C17H13F9N4OS. The van der Waals surface area contributed by atoms with Gasteiger partial charge in [0.25, 0.3) is 5.91 Å². The van der Waals surface area contributed by atoms with Crippen molar-refractivity contribution < 1.29 is 44.3 Å². The minimum Gasteiger partial charge on any atom is -0.359 e. The van der Waals surface area contributed by atoms with Gasteiger partial charge in [0.2, 0.25) is 0 Å². The third kappa shape index (κ3) is 6.64. The van der Waals surface area contributed by atoms with Crippen molar-refractivity contribution in [2.45, 2.75) is 30.3 Å². The molecule has 2 aromatic rings. The molecule has 2 heterocycles. The molecule has 0 aliphatic rings. The lowest BCUT2D eigenvalue weighted by atomic mass is 10.2. The molecule has 2 N–H and O–H groups in total. The second-order valence-electron chi connectivity index (χ2n) is 6.00. The summed E-state index contributed by atoms with van der Waals surface area (Å²) in [5.74, 6) is -2.09. The molecule has 0 saturated heterocycles. The number of pyridine rings is 2. The van der Waals surface area contributed by atoms with Crippen LogP contribution in [0.4, 0.5) is 51.0 Å². The maximum Gasteiger partial charge on any atom is 0.418 e. The number of rotatable bonds is 6. The Kier molecular flexibility index (Phi) is 7.52. The van der Waals surface area contributed by atoms with Crippen molar-refractivity contribution in [3.05, 3.63) is 41.3 Å². The van der Waals surface area contributed by atoms with Gasteiger partial charge < -0.3 is 10.6 Å². The van der Waals surface area contributed by atoms with Gasteiger partial charge in [-0.2, -0.15) is 39.5 Å². The monoisotopic (exact) mass is 492 g/mol. The molecule has 32 heavy (non-hydrogen) atoms.